The molecule has 0 aliphatic carbocycles. The Morgan fingerprint density at radius 3 is 1.50 bits per heavy atom. The van der Waals surface area contributed by atoms with Crippen molar-refractivity contribution >= 4 is 18.3 Å². The van der Waals surface area contributed by atoms with E-state index in [2.05, 4.69) is 29.9 Å². The first kappa shape index (κ1) is 6.43. The van der Waals surface area contributed by atoms with Crippen LogP contribution in [0, 0.1) is 0 Å². The molecule has 6 heavy (non-hydrogen) atoms. The van der Waals surface area contributed by atoms with Gasteiger partial charge in [-0.2, -0.15) is 0 Å². The fraction of sp³-hybridized carbons (Fsp3) is 1.00. The summed E-state index contributed by atoms with van der Waals surface area (Å²) < 4.78 is 0. The average Bonchev–Trinajstić information content (AvgIpc) is 1.35. The van der Waals surface area contributed by atoms with E-state index in [1.54, 1.807) is 0 Å². The molecule has 0 aliphatic rings. The predicted octanol–water partition coefficient (Wildman–Crippen LogP) is 1.45. The standard InChI is InChI=1S/C4H11Si2/c1-6(2,3)4-5/h4H2,1-3H3. The van der Waals surface area contributed by atoms with E-state index in [9.17, 15) is 0 Å². The van der Waals surface area contributed by atoms with Crippen LogP contribution in [0.3, 0.4) is 0 Å². The van der Waals surface area contributed by atoms with Crippen molar-refractivity contribution in [2.75, 3.05) is 0 Å². The SMILES string of the molecule is C[Si](C)(C)C[Si]. The van der Waals surface area contributed by atoms with Gasteiger partial charge in [-0.05, 0) is 0 Å². The summed E-state index contributed by atoms with van der Waals surface area (Å²) in [5.41, 5.74) is 1.22. The van der Waals surface area contributed by atoms with Crippen LogP contribution in [0.5, 0.6) is 0 Å². The minimum absolute atomic E-state index is 0.718. The highest BCUT2D eigenvalue weighted by Gasteiger charge is 2.06. The van der Waals surface area contributed by atoms with Crippen molar-refractivity contribution in [2.24, 2.45) is 0 Å². The molecular weight excluding hydrogens is 104 g/mol. The minimum atomic E-state index is -0.718. The van der Waals surface area contributed by atoms with E-state index in [1.807, 2.05) is 0 Å². The van der Waals surface area contributed by atoms with Crippen molar-refractivity contribution in [3.63, 3.8) is 0 Å². The highest BCUT2D eigenvalue weighted by Crippen LogP contribution is 2.01. The molecule has 0 amide bonds. The zero-order valence-corrected chi connectivity index (χ0v) is 6.71. The molecule has 0 aromatic carbocycles. The quantitative estimate of drug-likeness (QED) is 0.454. The number of rotatable bonds is 1. The third-order valence-electron chi connectivity index (χ3n) is 0.530. The topological polar surface area (TPSA) is 0 Å². The van der Waals surface area contributed by atoms with E-state index in [0.717, 1.165) is 0 Å². The third kappa shape index (κ3) is 4.43. The molecular formula is C4H11Si2. The van der Waals surface area contributed by atoms with Gasteiger partial charge >= 0.3 is 0 Å². The summed E-state index contributed by atoms with van der Waals surface area (Å²) in [6.45, 7) is 7.00. The van der Waals surface area contributed by atoms with Crippen molar-refractivity contribution in [3.05, 3.63) is 0 Å². The zero-order chi connectivity index (χ0) is 5.21. The third-order valence-corrected chi connectivity index (χ3v) is 4.77. The van der Waals surface area contributed by atoms with Crippen LogP contribution >= 0.6 is 0 Å². The highest BCUT2D eigenvalue weighted by molar-refractivity contribution is 6.80. The Kier molecular flexibility index (Phi) is 2.07. The lowest BCUT2D eigenvalue weighted by Gasteiger charge is -2.09. The van der Waals surface area contributed by atoms with Gasteiger partial charge in [-0.3, -0.25) is 0 Å². The summed E-state index contributed by atoms with van der Waals surface area (Å²) in [5, 5.41) is 0. The second kappa shape index (κ2) is 1.93. The first-order chi connectivity index (χ1) is 2.56. The van der Waals surface area contributed by atoms with Gasteiger partial charge in [-0.25, -0.2) is 0 Å². The molecule has 0 nitrogen and oxygen atoms in total. The van der Waals surface area contributed by atoms with Gasteiger partial charge in [0.2, 0.25) is 0 Å². The Labute approximate surface area is 44.4 Å². The molecule has 0 rings (SSSR count). The second-order valence-electron chi connectivity index (χ2n) is 2.74. The first-order valence-electron chi connectivity index (χ1n) is 2.21. The summed E-state index contributed by atoms with van der Waals surface area (Å²) in [4.78, 5) is 0. The maximum Gasteiger partial charge on any atom is 0.0409 e. The number of hydrogen-bond acceptors (Lipinski definition) is 0. The molecule has 0 saturated carbocycles. The summed E-state index contributed by atoms with van der Waals surface area (Å²) in [7, 11) is 2.76. The monoisotopic (exact) mass is 115 g/mol. The molecule has 0 aliphatic heterocycles. The Bertz CT molecular complexity index is 35.3. The minimum Gasteiger partial charge on any atom is -0.0698 e. The smallest absolute Gasteiger partial charge is 0.0409 e. The van der Waals surface area contributed by atoms with Gasteiger partial charge in [0.05, 0.1) is 0 Å². The maximum atomic E-state index is 3.47. The largest absolute Gasteiger partial charge is 0.0698 e. The summed E-state index contributed by atoms with van der Waals surface area (Å²) >= 11 is 0. The first-order valence-corrected chi connectivity index (χ1v) is 6.62. The molecule has 0 aromatic rings. The molecule has 0 bridgehead atoms. The summed E-state index contributed by atoms with van der Waals surface area (Å²) in [5.74, 6) is 0. The molecule has 35 valence electrons. The Balaban J connectivity index is 3.17. The molecule has 0 fully saturated rings. The lowest BCUT2D eigenvalue weighted by Crippen LogP contribution is -2.18. The van der Waals surface area contributed by atoms with Gasteiger partial charge < -0.3 is 0 Å². The molecule has 0 heterocycles. The average molecular weight is 115 g/mol. The van der Waals surface area contributed by atoms with Crippen LogP contribution in [-0.2, 0) is 0 Å². The number of hydrogen-bond donors (Lipinski definition) is 0. The van der Waals surface area contributed by atoms with Crippen molar-refractivity contribution in [2.45, 2.75) is 25.3 Å². The van der Waals surface area contributed by atoms with Gasteiger partial charge in [0.15, 0.2) is 0 Å². The molecule has 0 N–H and O–H groups in total. The fourth-order valence-electron chi connectivity index (χ4n) is 0. The zero-order valence-electron chi connectivity index (χ0n) is 4.71. The molecule has 0 atom stereocenters. The lowest BCUT2D eigenvalue weighted by molar-refractivity contribution is 1.65. The van der Waals surface area contributed by atoms with E-state index in [0.29, 0.717) is 0 Å². The van der Waals surface area contributed by atoms with E-state index < -0.39 is 8.07 Å². The molecule has 0 saturated heterocycles. The highest BCUT2D eigenvalue weighted by atomic mass is 28.4. The van der Waals surface area contributed by atoms with Crippen molar-refractivity contribution in [1.82, 2.24) is 0 Å². The van der Waals surface area contributed by atoms with Crippen LogP contribution in [-0.4, -0.2) is 18.3 Å². The molecule has 2 heteroatoms. The Morgan fingerprint density at radius 2 is 1.50 bits per heavy atom. The van der Waals surface area contributed by atoms with Gasteiger partial charge in [0.25, 0.3) is 0 Å². The van der Waals surface area contributed by atoms with Crippen LogP contribution in [0.2, 0.25) is 25.3 Å². The van der Waals surface area contributed by atoms with Crippen molar-refractivity contribution in [1.29, 1.82) is 0 Å². The van der Waals surface area contributed by atoms with E-state index in [-0.39, 0.29) is 0 Å². The van der Waals surface area contributed by atoms with E-state index in [1.165, 1.54) is 5.67 Å². The van der Waals surface area contributed by atoms with E-state index in [4.69, 9.17) is 0 Å². The lowest BCUT2D eigenvalue weighted by atomic mass is 11.8. The molecule has 0 spiro atoms. The summed E-state index contributed by atoms with van der Waals surface area (Å²) in [6.07, 6.45) is 0. The molecule has 0 unspecified atom stereocenters. The normalized spacial score (nSPS) is 12.0. The van der Waals surface area contributed by atoms with Gasteiger partial charge in [0.1, 0.15) is 0 Å². The van der Waals surface area contributed by atoms with Gasteiger partial charge in [-0.15, -0.1) is 0 Å². The van der Waals surface area contributed by atoms with Crippen molar-refractivity contribution < 1.29 is 0 Å². The second-order valence-corrected chi connectivity index (χ2v) is 9.27. The van der Waals surface area contributed by atoms with Gasteiger partial charge in [-0.1, -0.05) is 25.3 Å². The van der Waals surface area contributed by atoms with Crippen molar-refractivity contribution in [3.8, 4) is 0 Å². The van der Waals surface area contributed by atoms with Crippen LogP contribution in [0.1, 0.15) is 0 Å². The van der Waals surface area contributed by atoms with Crippen LogP contribution in [0.15, 0.2) is 0 Å². The summed E-state index contributed by atoms with van der Waals surface area (Å²) in [6, 6.07) is 0. The fourth-order valence-corrected chi connectivity index (χ4v) is 0. The maximum absolute atomic E-state index is 3.47. The Morgan fingerprint density at radius 1 is 1.33 bits per heavy atom. The Hall–Kier alpha value is 0.434. The van der Waals surface area contributed by atoms with Gasteiger partial charge in [0, 0.05) is 18.3 Å². The molecule has 0 aromatic heterocycles. The van der Waals surface area contributed by atoms with Crippen LogP contribution in [0.4, 0.5) is 0 Å². The van der Waals surface area contributed by atoms with Crippen LogP contribution < -0.4 is 0 Å². The van der Waals surface area contributed by atoms with Crippen LogP contribution in [0.25, 0.3) is 0 Å². The molecule has 3 radical (unpaired) electrons. The van der Waals surface area contributed by atoms with E-state index >= 15 is 0 Å². The predicted molar refractivity (Wildman–Crippen MR) is 33.9 cm³/mol.